The lowest BCUT2D eigenvalue weighted by molar-refractivity contribution is -0.384. The van der Waals surface area contributed by atoms with Crippen LogP contribution >= 0.6 is 0 Å². The van der Waals surface area contributed by atoms with Gasteiger partial charge >= 0.3 is 6.09 Å². The normalized spacial score (nSPS) is 24.0. The van der Waals surface area contributed by atoms with Crippen molar-refractivity contribution in [2.24, 2.45) is 22.9 Å². The summed E-state index contributed by atoms with van der Waals surface area (Å²) < 4.78 is 33.4. The van der Waals surface area contributed by atoms with E-state index in [4.69, 9.17) is 24.2 Å². The number of aliphatic hydroxyl groups excluding tert-OH is 2. The Hall–Kier alpha value is -5.31. The van der Waals surface area contributed by atoms with Gasteiger partial charge in [-0.25, -0.2) is 9.18 Å². The molecule has 0 saturated heterocycles. The summed E-state index contributed by atoms with van der Waals surface area (Å²) in [6.07, 6.45) is 7.33. The summed E-state index contributed by atoms with van der Waals surface area (Å²) in [6, 6.07) is 15.9. The van der Waals surface area contributed by atoms with Gasteiger partial charge in [-0.1, -0.05) is 42.3 Å². The molecule has 3 N–H and O–H groups in total. The number of hydrogen-bond acceptors (Lipinski definition) is 11. The first-order valence-electron chi connectivity index (χ1n) is 19.4. The zero-order valence-electron chi connectivity index (χ0n) is 32.0. The van der Waals surface area contributed by atoms with Crippen molar-refractivity contribution in [3.63, 3.8) is 0 Å². The number of fused-ring (bicyclic) bond motifs is 2. The Morgan fingerprint density at radius 1 is 1.05 bits per heavy atom. The number of oxime groups is 1. The molecule has 6 atom stereocenters. The maximum Gasteiger partial charge on any atom is 0.410 e. The number of carbonyl (C=O) groups is 1. The maximum absolute atomic E-state index is 14.1. The van der Waals surface area contributed by atoms with E-state index < -0.39 is 34.6 Å². The van der Waals surface area contributed by atoms with Crippen molar-refractivity contribution in [3.05, 3.63) is 124 Å². The zero-order chi connectivity index (χ0) is 40.5. The summed E-state index contributed by atoms with van der Waals surface area (Å²) >= 11 is 0. The lowest BCUT2D eigenvalue weighted by Crippen LogP contribution is -2.70. The predicted molar refractivity (Wildman–Crippen MR) is 209 cm³/mol. The van der Waals surface area contributed by atoms with Crippen molar-refractivity contribution in [1.29, 1.82) is 0 Å². The SMILES string of the molecule is C=CCO[C@@]12Oc3ccc(O)cc3[C@H]3[C@H](CCCCO)[C@@H](CCCCO)C=C(C(=NOCc4ccc([N+](=O)[O-])cc4)C[C@@H]1N(Cc1ccc(F)cc1)C(=O)OC)[C@H]32. The molecule has 1 fully saturated rings. The van der Waals surface area contributed by atoms with Gasteiger partial charge in [-0.05, 0) is 96.7 Å². The van der Waals surface area contributed by atoms with Crippen LogP contribution < -0.4 is 4.74 Å². The number of aliphatic hydroxyl groups is 2. The molecule has 1 heterocycles. The molecule has 0 radical (unpaired) electrons. The smallest absolute Gasteiger partial charge is 0.410 e. The number of aromatic hydroxyl groups is 1. The van der Waals surface area contributed by atoms with E-state index in [-0.39, 0.29) is 68.6 Å². The van der Waals surface area contributed by atoms with Crippen molar-refractivity contribution >= 4 is 17.5 Å². The standard InChI is InChI=1S/C43H50FN3O10/c1-3-22-55-43-39(46(42(51)54-2)26-28-10-14-31(44)15-11-28)25-37(45-56-27-29-12-16-32(17-13-29)47(52)53)35-23-30(8-4-6-20-48)34(9-5-7-21-49)40(41(35)43)36-24-33(50)18-19-38(36)57-43/h3,10-19,23-24,30,34,39-41,48-50H,1,4-9,20-22,25-27H2,2H3/t30-,34+,39-,40+,41+,43+/m0/s1. The highest BCUT2D eigenvalue weighted by atomic mass is 19.1. The van der Waals surface area contributed by atoms with Gasteiger partial charge in [-0.3, -0.25) is 15.0 Å². The van der Waals surface area contributed by atoms with E-state index in [1.807, 2.05) is 0 Å². The number of phenols is 1. The van der Waals surface area contributed by atoms with Gasteiger partial charge in [0, 0.05) is 49.8 Å². The highest BCUT2D eigenvalue weighted by Crippen LogP contribution is 2.62. The van der Waals surface area contributed by atoms with E-state index in [2.05, 4.69) is 12.7 Å². The second-order valence-corrected chi connectivity index (χ2v) is 14.7. The van der Waals surface area contributed by atoms with Gasteiger partial charge in [0.1, 0.15) is 30.0 Å². The third kappa shape index (κ3) is 8.98. The van der Waals surface area contributed by atoms with Crippen LogP contribution in [-0.4, -0.2) is 75.7 Å². The Kier molecular flexibility index (Phi) is 13.6. The summed E-state index contributed by atoms with van der Waals surface area (Å²) in [6.45, 7) is 4.06. The first-order valence-corrected chi connectivity index (χ1v) is 19.4. The van der Waals surface area contributed by atoms with E-state index in [0.717, 1.165) is 30.4 Å². The molecule has 0 aromatic heterocycles. The third-order valence-corrected chi connectivity index (χ3v) is 11.3. The van der Waals surface area contributed by atoms with E-state index >= 15 is 0 Å². The number of halogens is 1. The summed E-state index contributed by atoms with van der Waals surface area (Å²) in [5.41, 5.74) is 3.30. The lowest BCUT2D eigenvalue weighted by atomic mass is 9.55. The van der Waals surface area contributed by atoms with Crippen LogP contribution in [-0.2, 0) is 27.5 Å². The molecule has 304 valence electrons. The number of nitro benzene ring substituents is 1. The topological polar surface area (TPSA) is 173 Å². The quantitative estimate of drug-likeness (QED) is 0.0506. The Bertz CT molecular complexity index is 1940. The monoisotopic (exact) mass is 787 g/mol. The van der Waals surface area contributed by atoms with Crippen LogP contribution in [0.5, 0.6) is 11.5 Å². The summed E-state index contributed by atoms with van der Waals surface area (Å²) in [4.78, 5) is 32.3. The second kappa shape index (κ2) is 18.8. The summed E-state index contributed by atoms with van der Waals surface area (Å²) in [7, 11) is 1.28. The second-order valence-electron chi connectivity index (χ2n) is 14.7. The van der Waals surface area contributed by atoms with Crippen molar-refractivity contribution < 1.29 is 48.5 Å². The number of allylic oxidation sites excluding steroid dienone is 1. The van der Waals surface area contributed by atoms with Crippen molar-refractivity contribution in [2.75, 3.05) is 26.9 Å². The number of phenolic OH excluding ortho intramolecular Hbond substituents is 1. The fourth-order valence-corrected chi connectivity index (χ4v) is 8.76. The summed E-state index contributed by atoms with van der Waals surface area (Å²) in [5, 5.41) is 46.5. The van der Waals surface area contributed by atoms with Crippen LogP contribution in [0.1, 0.15) is 67.6 Å². The van der Waals surface area contributed by atoms with Gasteiger partial charge in [-0.15, -0.1) is 6.58 Å². The minimum Gasteiger partial charge on any atom is -0.508 e. The molecule has 6 rings (SSSR count). The Labute approximate surface area is 331 Å². The average molecular weight is 788 g/mol. The van der Waals surface area contributed by atoms with Gasteiger partial charge in [-0.2, -0.15) is 0 Å². The first-order chi connectivity index (χ1) is 27.6. The van der Waals surface area contributed by atoms with Crippen LogP contribution in [0.15, 0.2) is 96.2 Å². The number of benzene rings is 3. The van der Waals surface area contributed by atoms with Crippen LogP contribution in [0.4, 0.5) is 14.9 Å². The number of carbonyl (C=O) groups excluding carboxylic acids is 1. The number of nitrogens with zero attached hydrogens (tertiary/aromatic N) is 3. The van der Waals surface area contributed by atoms with Gasteiger partial charge < -0.3 is 34.4 Å². The summed E-state index contributed by atoms with van der Waals surface area (Å²) in [5.74, 6) is -2.51. The highest BCUT2D eigenvalue weighted by Gasteiger charge is 2.65. The van der Waals surface area contributed by atoms with Gasteiger partial charge in [0.15, 0.2) is 0 Å². The van der Waals surface area contributed by atoms with Gasteiger partial charge in [0.2, 0.25) is 5.79 Å². The molecular weight excluding hydrogens is 737 g/mol. The van der Waals surface area contributed by atoms with Crippen LogP contribution in [0.3, 0.4) is 0 Å². The number of non-ortho nitro benzene ring substituents is 1. The molecule has 0 bridgehead atoms. The van der Waals surface area contributed by atoms with Crippen LogP contribution in [0.25, 0.3) is 0 Å². The number of methoxy groups -OCH3 is 1. The molecule has 0 spiro atoms. The zero-order valence-corrected chi connectivity index (χ0v) is 32.0. The number of nitro groups is 1. The van der Waals surface area contributed by atoms with Gasteiger partial charge in [0.25, 0.3) is 5.69 Å². The predicted octanol–water partition coefficient (Wildman–Crippen LogP) is 7.54. The Morgan fingerprint density at radius 2 is 1.75 bits per heavy atom. The molecule has 2 aliphatic carbocycles. The average Bonchev–Trinajstić information content (AvgIpc) is 3.21. The Morgan fingerprint density at radius 3 is 2.42 bits per heavy atom. The van der Waals surface area contributed by atoms with Crippen LogP contribution in [0, 0.1) is 33.7 Å². The number of rotatable bonds is 18. The van der Waals surface area contributed by atoms with E-state index in [1.165, 1.54) is 36.3 Å². The van der Waals surface area contributed by atoms with E-state index in [0.29, 0.717) is 41.9 Å². The minimum absolute atomic E-state index is 0.000304. The molecule has 3 aromatic carbocycles. The molecule has 3 aromatic rings. The molecule has 14 heteroatoms. The molecule has 0 unspecified atom stereocenters. The van der Waals surface area contributed by atoms with Crippen molar-refractivity contribution in [2.45, 2.75) is 75.8 Å². The first kappa shape index (κ1) is 41.3. The Balaban J connectivity index is 1.56. The number of amides is 1. The van der Waals surface area contributed by atoms with Gasteiger partial charge in [0.05, 0.1) is 30.3 Å². The lowest BCUT2D eigenvalue weighted by Gasteiger charge is -2.59. The molecular formula is C43H50FN3O10. The molecule has 1 saturated carbocycles. The largest absolute Gasteiger partial charge is 0.508 e. The van der Waals surface area contributed by atoms with Crippen molar-refractivity contribution in [1.82, 2.24) is 4.90 Å². The molecule has 57 heavy (non-hydrogen) atoms. The fraction of sp³-hybridized carbons (Fsp3) is 0.442. The maximum atomic E-state index is 14.1. The van der Waals surface area contributed by atoms with E-state index in [9.17, 15) is 34.6 Å². The highest BCUT2D eigenvalue weighted by molar-refractivity contribution is 6.03. The molecule has 1 amide bonds. The van der Waals surface area contributed by atoms with Crippen LogP contribution in [0.2, 0.25) is 0 Å². The molecule has 13 nitrogen and oxygen atoms in total. The fourth-order valence-electron chi connectivity index (χ4n) is 8.76. The van der Waals surface area contributed by atoms with E-state index in [1.54, 1.807) is 48.5 Å². The minimum atomic E-state index is -1.56. The molecule has 1 aliphatic heterocycles. The third-order valence-electron chi connectivity index (χ3n) is 11.3. The number of ether oxygens (including phenoxy) is 3. The number of unbranched alkanes of at least 4 members (excludes halogenated alkanes) is 2. The number of hydrogen-bond donors (Lipinski definition) is 3. The van der Waals surface area contributed by atoms with Crippen molar-refractivity contribution in [3.8, 4) is 11.5 Å². The molecule has 3 aliphatic rings.